The second-order valence-corrected chi connectivity index (χ2v) is 4.94. The van der Waals surface area contributed by atoms with Crippen LogP contribution in [0.2, 0.25) is 0 Å². The Balaban J connectivity index is 2.03. The summed E-state index contributed by atoms with van der Waals surface area (Å²) >= 11 is 0. The molecule has 0 bridgehead atoms. The van der Waals surface area contributed by atoms with Gasteiger partial charge < -0.3 is 16.0 Å². The number of nitrogens with zero attached hydrogens (tertiary/aromatic N) is 3. The summed E-state index contributed by atoms with van der Waals surface area (Å²) in [4.78, 5) is 13.1. The Labute approximate surface area is 107 Å². The monoisotopic (exact) mass is 249 g/mol. The molecule has 6 heteroatoms. The van der Waals surface area contributed by atoms with Gasteiger partial charge in [-0.15, -0.1) is 10.2 Å². The number of amides is 1. The number of piperidine rings is 1. The molecule has 0 unspecified atom stereocenters. The summed E-state index contributed by atoms with van der Waals surface area (Å²) in [6.07, 6.45) is 2.12. The van der Waals surface area contributed by atoms with Crippen LogP contribution in [0.15, 0.2) is 12.1 Å². The van der Waals surface area contributed by atoms with Crippen LogP contribution in [0.1, 0.15) is 30.3 Å². The van der Waals surface area contributed by atoms with E-state index in [9.17, 15) is 4.79 Å². The lowest BCUT2D eigenvalue weighted by Gasteiger charge is -2.39. The van der Waals surface area contributed by atoms with Crippen molar-refractivity contribution in [3.8, 4) is 0 Å². The van der Waals surface area contributed by atoms with E-state index in [2.05, 4.69) is 27.3 Å². The summed E-state index contributed by atoms with van der Waals surface area (Å²) in [6.45, 7) is 4.09. The first-order chi connectivity index (χ1) is 8.54. The van der Waals surface area contributed by atoms with Crippen molar-refractivity contribution in [3.63, 3.8) is 0 Å². The second kappa shape index (κ2) is 4.89. The molecule has 1 aromatic heterocycles. The quantitative estimate of drug-likeness (QED) is 0.797. The van der Waals surface area contributed by atoms with Crippen molar-refractivity contribution < 1.29 is 4.79 Å². The molecule has 1 aliphatic heterocycles. The van der Waals surface area contributed by atoms with Crippen molar-refractivity contribution in [2.75, 3.05) is 25.0 Å². The average molecular weight is 249 g/mol. The van der Waals surface area contributed by atoms with E-state index in [4.69, 9.17) is 5.73 Å². The molecule has 0 radical (unpaired) electrons. The molecule has 98 valence electrons. The maximum absolute atomic E-state index is 10.9. The van der Waals surface area contributed by atoms with E-state index < -0.39 is 5.91 Å². The van der Waals surface area contributed by atoms with Gasteiger partial charge in [-0.25, -0.2) is 0 Å². The number of aromatic nitrogens is 2. The van der Waals surface area contributed by atoms with Gasteiger partial charge in [0, 0.05) is 18.6 Å². The molecule has 18 heavy (non-hydrogen) atoms. The molecule has 3 N–H and O–H groups in total. The summed E-state index contributed by atoms with van der Waals surface area (Å²) in [5, 5.41) is 11.2. The van der Waals surface area contributed by atoms with Crippen LogP contribution in [0.4, 0.5) is 5.82 Å². The average Bonchev–Trinajstić information content (AvgIpc) is 2.40. The van der Waals surface area contributed by atoms with Crippen LogP contribution < -0.4 is 16.0 Å². The van der Waals surface area contributed by atoms with Crippen LogP contribution in [-0.4, -0.2) is 41.8 Å². The van der Waals surface area contributed by atoms with Crippen LogP contribution in [0, 0.1) is 0 Å². The van der Waals surface area contributed by atoms with Crippen LogP contribution in [0.3, 0.4) is 0 Å². The smallest absolute Gasteiger partial charge is 0.269 e. The van der Waals surface area contributed by atoms with Gasteiger partial charge in [-0.3, -0.25) is 4.79 Å². The van der Waals surface area contributed by atoms with Gasteiger partial charge in [0.2, 0.25) is 0 Å². The van der Waals surface area contributed by atoms with E-state index in [0.717, 1.165) is 31.7 Å². The molecule has 1 amide bonds. The Morgan fingerprint density at radius 2 is 2.06 bits per heavy atom. The molecular weight excluding hydrogens is 230 g/mol. The van der Waals surface area contributed by atoms with E-state index in [1.54, 1.807) is 12.1 Å². The Morgan fingerprint density at radius 3 is 2.50 bits per heavy atom. The van der Waals surface area contributed by atoms with Crippen LogP contribution in [0.5, 0.6) is 0 Å². The number of rotatable bonds is 3. The SMILES string of the molecule is CNC1(C)CCN(c2ccc(C(N)=O)nn2)CC1. The third kappa shape index (κ3) is 2.59. The highest BCUT2D eigenvalue weighted by Gasteiger charge is 2.28. The van der Waals surface area contributed by atoms with Crippen molar-refractivity contribution in [1.29, 1.82) is 0 Å². The van der Waals surface area contributed by atoms with Gasteiger partial charge in [0.1, 0.15) is 0 Å². The van der Waals surface area contributed by atoms with Crippen LogP contribution >= 0.6 is 0 Å². The minimum Gasteiger partial charge on any atom is -0.364 e. The summed E-state index contributed by atoms with van der Waals surface area (Å²) in [5.74, 6) is 0.258. The minimum atomic E-state index is -0.546. The van der Waals surface area contributed by atoms with E-state index in [1.807, 2.05) is 7.05 Å². The number of nitrogens with one attached hydrogen (secondary N) is 1. The maximum Gasteiger partial charge on any atom is 0.269 e. The van der Waals surface area contributed by atoms with Gasteiger partial charge in [0.25, 0.3) is 5.91 Å². The lowest BCUT2D eigenvalue weighted by molar-refractivity contribution is 0.0994. The van der Waals surface area contributed by atoms with Crippen molar-refractivity contribution in [3.05, 3.63) is 17.8 Å². The van der Waals surface area contributed by atoms with Crippen molar-refractivity contribution >= 4 is 11.7 Å². The molecule has 0 atom stereocenters. The van der Waals surface area contributed by atoms with Crippen LogP contribution in [0.25, 0.3) is 0 Å². The van der Waals surface area contributed by atoms with Gasteiger partial charge >= 0.3 is 0 Å². The highest BCUT2D eigenvalue weighted by molar-refractivity contribution is 5.90. The molecule has 6 nitrogen and oxygen atoms in total. The number of carbonyl (C=O) groups is 1. The summed E-state index contributed by atoms with van der Waals surface area (Å²) in [5.41, 5.74) is 5.54. The van der Waals surface area contributed by atoms with Gasteiger partial charge in [-0.1, -0.05) is 0 Å². The first kappa shape index (κ1) is 12.8. The molecule has 1 aromatic rings. The molecule has 2 heterocycles. The fourth-order valence-corrected chi connectivity index (χ4v) is 2.10. The Hall–Kier alpha value is -1.69. The lowest BCUT2D eigenvalue weighted by Crippen LogP contribution is -2.50. The van der Waals surface area contributed by atoms with Gasteiger partial charge in [-0.2, -0.15) is 0 Å². The molecule has 0 aromatic carbocycles. The molecule has 2 rings (SSSR count). The number of nitrogens with two attached hydrogens (primary N) is 1. The second-order valence-electron chi connectivity index (χ2n) is 4.94. The van der Waals surface area contributed by atoms with Gasteiger partial charge in [0.05, 0.1) is 0 Å². The predicted molar refractivity (Wildman–Crippen MR) is 69.5 cm³/mol. The zero-order valence-electron chi connectivity index (χ0n) is 10.8. The Bertz CT molecular complexity index is 423. The summed E-state index contributed by atoms with van der Waals surface area (Å²) in [7, 11) is 2.00. The topological polar surface area (TPSA) is 84.1 Å². The number of carbonyl (C=O) groups excluding carboxylic acids is 1. The minimum absolute atomic E-state index is 0.204. The third-order valence-electron chi connectivity index (χ3n) is 3.70. The fraction of sp³-hybridized carbons (Fsp3) is 0.583. The Kier molecular flexibility index (Phi) is 3.47. The lowest BCUT2D eigenvalue weighted by atomic mass is 9.90. The highest BCUT2D eigenvalue weighted by atomic mass is 16.1. The van der Waals surface area contributed by atoms with Gasteiger partial charge in [-0.05, 0) is 38.9 Å². The molecule has 0 aliphatic carbocycles. The predicted octanol–water partition coefficient (Wildman–Crippen LogP) is 0.154. The standard InChI is InChI=1S/C12H19N5O/c1-12(14-2)5-7-17(8-6-12)10-4-3-9(11(13)18)15-16-10/h3-4,14H,5-8H2,1-2H3,(H2,13,18). The number of primary amides is 1. The van der Waals surface area contributed by atoms with Crippen molar-refractivity contribution in [1.82, 2.24) is 15.5 Å². The first-order valence-corrected chi connectivity index (χ1v) is 6.11. The normalized spacial score (nSPS) is 18.7. The number of anilines is 1. The zero-order valence-corrected chi connectivity index (χ0v) is 10.8. The van der Waals surface area contributed by atoms with E-state index in [1.165, 1.54) is 0 Å². The number of hydrogen-bond donors (Lipinski definition) is 2. The van der Waals surface area contributed by atoms with Crippen molar-refractivity contribution in [2.24, 2.45) is 5.73 Å². The van der Waals surface area contributed by atoms with E-state index in [-0.39, 0.29) is 11.2 Å². The molecular formula is C12H19N5O. The van der Waals surface area contributed by atoms with Crippen molar-refractivity contribution in [2.45, 2.75) is 25.3 Å². The molecule has 0 spiro atoms. The molecule has 1 saturated heterocycles. The van der Waals surface area contributed by atoms with Gasteiger partial charge in [0.15, 0.2) is 11.5 Å². The largest absolute Gasteiger partial charge is 0.364 e. The highest BCUT2D eigenvalue weighted by Crippen LogP contribution is 2.24. The fourth-order valence-electron chi connectivity index (χ4n) is 2.10. The van der Waals surface area contributed by atoms with E-state index >= 15 is 0 Å². The molecule has 1 aliphatic rings. The zero-order chi connectivity index (χ0) is 13.2. The third-order valence-corrected chi connectivity index (χ3v) is 3.70. The summed E-state index contributed by atoms with van der Waals surface area (Å²) < 4.78 is 0. The van der Waals surface area contributed by atoms with E-state index in [0.29, 0.717) is 0 Å². The number of hydrogen-bond acceptors (Lipinski definition) is 5. The first-order valence-electron chi connectivity index (χ1n) is 6.11. The maximum atomic E-state index is 10.9. The molecule has 1 fully saturated rings. The summed E-state index contributed by atoms with van der Waals surface area (Å²) in [6, 6.07) is 3.42. The van der Waals surface area contributed by atoms with Crippen LogP contribution in [-0.2, 0) is 0 Å². The molecule has 0 saturated carbocycles. The Morgan fingerprint density at radius 1 is 1.39 bits per heavy atom.